The lowest BCUT2D eigenvalue weighted by Crippen LogP contribution is -2.04. The number of carbonyl (C=O) groups excluding carboxylic acids is 1. The molecule has 17 heavy (non-hydrogen) atoms. The van der Waals surface area contributed by atoms with Gasteiger partial charge in [0, 0.05) is 12.6 Å². The quantitative estimate of drug-likeness (QED) is 0.312. The number of allylic oxidation sites excluding steroid dienone is 1. The van der Waals surface area contributed by atoms with Gasteiger partial charge in [-0.25, -0.2) is 0 Å². The summed E-state index contributed by atoms with van der Waals surface area (Å²) in [6.45, 7) is 3.28. The number of aliphatic carboxylic acids is 1. The van der Waals surface area contributed by atoms with Gasteiger partial charge in [0.25, 0.3) is 0 Å². The Hall–Kier alpha value is -2.24. The Morgan fingerprint density at radius 2 is 2.24 bits per heavy atom. The van der Waals surface area contributed by atoms with Crippen molar-refractivity contribution in [3.63, 3.8) is 0 Å². The molecule has 0 heterocycles. The van der Waals surface area contributed by atoms with Crippen LogP contribution in [0, 0.1) is 0 Å². The van der Waals surface area contributed by atoms with E-state index in [1.54, 1.807) is 12.2 Å². The van der Waals surface area contributed by atoms with Crippen LogP contribution >= 0.6 is 0 Å². The Kier molecular flexibility index (Phi) is 7.83. The third-order valence-electron chi connectivity index (χ3n) is 1.66. The first-order valence-corrected chi connectivity index (χ1v) is 4.75. The third-order valence-corrected chi connectivity index (χ3v) is 1.66. The summed E-state index contributed by atoms with van der Waals surface area (Å²) in [5, 5.41) is 8.45. The van der Waals surface area contributed by atoms with E-state index in [1.165, 1.54) is 13.3 Å². The minimum absolute atomic E-state index is 0.0262. The van der Waals surface area contributed by atoms with Crippen molar-refractivity contribution in [2.45, 2.75) is 12.8 Å². The van der Waals surface area contributed by atoms with Gasteiger partial charge in [-0.05, 0) is 13.1 Å². The van der Waals surface area contributed by atoms with Gasteiger partial charge in [-0.15, -0.1) is 0 Å². The van der Waals surface area contributed by atoms with Crippen molar-refractivity contribution in [3.05, 3.63) is 23.9 Å². The number of carboxylic acids is 1. The van der Waals surface area contributed by atoms with E-state index >= 15 is 0 Å². The van der Waals surface area contributed by atoms with Crippen LogP contribution in [0.2, 0.25) is 0 Å². The highest BCUT2D eigenvalue weighted by Gasteiger charge is 2.03. The molecule has 0 aliphatic rings. The third kappa shape index (κ3) is 6.77. The van der Waals surface area contributed by atoms with Gasteiger partial charge in [-0.3, -0.25) is 14.6 Å². The first-order valence-electron chi connectivity index (χ1n) is 4.75. The van der Waals surface area contributed by atoms with Crippen molar-refractivity contribution in [3.8, 4) is 0 Å². The second kappa shape index (κ2) is 9.02. The molecule has 0 rings (SSSR count). The predicted octanol–water partition coefficient (Wildman–Crippen LogP) is 1.19. The SMILES string of the molecule is C=N/C=C(/C=C/CCC(=O)O)C(=N/C=O)\OC. The lowest BCUT2D eigenvalue weighted by atomic mass is 10.2. The Balaban J connectivity index is 4.70. The summed E-state index contributed by atoms with van der Waals surface area (Å²) in [4.78, 5) is 27.6. The van der Waals surface area contributed by atoms with Crippen molar-refractivity contribution in [1.82, 2.24) is 0 Å². The molecular weight excluding hydrogens is 224 g/mol. The number of methoxy groups -OCH3 is 1. The zero-order chi connectivity index (χ0) is 13.1. The van der Waals surface area contributed by atoms with Gasteiger partial charge in [-0.1, -0.05) is 12.2 Å². The molecule has 0 saturated carbocycles. The minimum atomic E-state index is -0.879. The average Bonchev–Trinajstić information content (AvgIpc) is 2.30. The van der Waals surface area contributed by atoms with Crippen LogP contribution in [0.1, 0.15) is 12.8 Å². The fourth-order valence-electron chi connectivity index (χ4n) is 0.978. The zero-order valence-electron chi connectivity index (χ0n) is 9.50. The maximum Gasteiger partial charge on any atom is 0.303 e. The van der Waals surface area contributed by atoms with Crippen molar-refractivity contribution in [2.24, 2.45) is 9.98 Å². The monoisotopic (exact) mass is 238 g/mol. The Morgan fingerprint density at radius 1 is 1.53 bits per heavy atom. The molecule has 1 amide bonds. The maximum absolute atomic E-state index is 10.3. The number of amides is 1. The molecule has 92 valence electrons. The molecule has 0 unspecified atom stereocenters. The van der Waals surface area contributed by atoms with Crippen molar-refractivity contribution in [1.29, 1.82) is 0 Å². The molecule has 0 aromatic carbocycles. The second-order valence-electron chi connectivity index (χ2n) is 2.85. The van der Waals surface area contributed by atoms with Gasteiger partial charge in [-0.2, -0.15) is 4.99 Å². The van der Waals surface area contributed by atoms with E-state index in [2.05, 4.69) is 16.7 Å². The summed E-state index contributed by atoms with van der Waals surface area (Å²) in [5.41, 5.74) is 0.444. The predicted molar refractivity (Wildman–Crippen MR) is 64.1 cm³/mol. The molecule has 0 fully saturated rings. The molecule has 0 saturated heterocycles. The minimum Gasteiger partial charge on any atom is -0.481 e. The summed E-state index contributed by atoms with van der Waals surface area (Å²) < 4.78 is 4.88. The first-order chi connectivity index (χ1) is 8.15. The van der Waals surface area contributed by atoms with Crippen LogP contribution in [-0.2, 0) is 14.3 Å². The Morgan fingerprint density at radius 3 is 2.71 bits per heavy atom. The molecule has 0 aromatic heterocycles. The molecule has 0 aliphatic carbocycles. The fourth-order valence-corrected chi connectivity index (χ4v) is 0.978. The summed E-state index contributed by atoms with van der Waals surface area (Å²) in [7, 11) is 1.37. The molecule has 0 aliphatic heterocycles. The molecule has 0 aromatic rings. The lowest BCUT2D eigenvalue weighted by molar-refractivity contribution is -0.136. The number of carbonyl (C=O) groups is 2. The number of ether oxygens (including phenoxy) is 1. The molecule has 0 spiro atoms. The van der Waals surface area contributed by atoms with Crippen molar-refractivity contribution in [2.75, 3.05) is 7.11 Å². The highest BCUT2D eigenvalue weighted by Crippen LogP contribution is 2.04. The van der Waals surface area contributed by atoms with Crippen LogP contribution in [0.15, 0.2) is 33.9 Å². The van der Waals surface area contributed by atoms with E-state index in [0.717, 1.165) is 0 Å². The number of hydrogen-bond donors (Lipinski definition) is 1. The number of nitrogens with zero attached hydrogens (tertiary/aromatic N) is 2. The maximum atomic E-state index is 10.3. The van der Waals surface area contributed by atoms with Crippen LogP contribution < -0.4 is 0 Å². The van der Waals surface area contributed by atoms with Crippen molar-refractivity contribution >= 4 is 25.0 Å². The number of carboxylic acid groups (broad SMARTS) is 1. The molecule has 0 bridgehead atoms. The molecule has 0 atom stereocenters. The van der Waals surface area contributed by atoms with E-state index in [4.69, 9.17) is 9.84 Å². The normalized spacial score (nSPS) is 12.5. The van der Waals surface area contributed by atoms with E-state index < -0.39 is 5.97 Å². The van der Waals surface area contributed by atoms with Gasteiger partial charge < -0.3 is 9.84 Å². The van der Waals surface area contributed by atoms with E-state index in [9.17, 15) is 9.59 Å². The number of hydrogen-bond acceptors (Lipinski definition) is 4. The first kappa shape index (κ1) is 14.8. The van der Waals surface area contributed by atoms with Crippen LogP contribution in [0.4, 0.5) is 0 Å². The van der Waals surface area contributed by atoms with Crippen LogP contribution in [0.5, 0.6) is 0 Å². The van der Waals surface area contributed by atoms with Crippen LogP contribution in [0.25, 0.3) is 0 Å². The summed E-state index contributed by atoms with van der Waals surface area (Å²) >= 11 is 0. The number of rotatable bonds is 7. The summed E-state index contributed by atoms with van der Waals surface area (Å²) in [6, 6.07) is 0. The summed E-state index contributed by atoms with van der Waals surface area (Å²) in [6.07, 6.45) is 5.30. The molecule has 0 radical (unpaired) electrons. The topological polar surface area (TPSA) is 88.3 Å². The van der Waals surface area contributed by atoms with Gasteiger partial charge in [0.05, 0.1) is 12.7 Å². The Labute approximate surface area is 99.0 Å². The molecule has 6 heteroatoms. The molecular formula is C11H14N2O4. The largest absolute Gasteiger partial charge is 0.481 e. The Bertz CT molecular complexity index is 370. The zero-order valence-corrected chi connectivity index (χ0v) is 9.50. The highest BCUT2D eigenvalue weighted by atomic mass is 16.5. The summed E-state index contributed by atoms with van der Waals surface area (Å²) in [5.74, 6) is -0.783. The van der Waals surface area contributed by atoms with Crippen molar-refractivity contribution < 1.29 is 19.4 Å². The van der Waals surface area contributed by atoms with Gasteiger partial charge >= 0.3 is 5.97 Å². The molecule has 1 N–H and O–H groups in total. The van der Waals surface area contributed by atoms with Gasteiger partial charge in [0.2, 0.25) is 12.3 Å². The average molecular weight is 238 g/mol. The van der Waals surface area contributed by atoms with E-state index in [-0.39, 0.29) is 12.3 Å². The highest BCUT2D eigenvalue weighted by molar-refractivity contribution is 5.99. The van der Waals surface area contributed by atoms with E-state index in [1.807, 2.05) is 0 Å². The smallest absolute Gasteiger partial charge is 0.303 e. The number of aliphatic imine (C=N–C) groups is 2. The van der Waals surface area contributed by atoms with E-state index in [0.29, 0.717) is 18.4 Å². The lowest BCUT2D eigenvalue weighted by Gasteiger charge is -2.02. The van der Waals surface area contributed by atoms with Crippen LogP contribution in [-0.4, -0.2) is 37.2 Å². The van der Waals surface area contributed by atoms with Crippen LogP contribution in [0.3, 0.4) is 0 Å². The van der Waals surface area contributed by atoms with Gasteiger partial charge in [0.1, 0.15) is 0 Å². The molecule has 6 nitrogen and oxygen atoms in total. The fraction of sp³-hybridized carbons (Fsp3) is 0.273. The second-order valence-corrected chi connectivity index (χ2v) is 2.85. The standard InChI is InChI=1S/C11H14N2O4/c1-12-7-9(11(17-2)13-8-14)5-3-4-6-10(15)16/h3,5,7-8H,1,4,6H2,2H3,(H,15,16)/b5-3+,9-7-,13-11+. The van der Waals surface area contributed by atoms with Gasteiger partial charge in [0.15, 0.2) is 0 Å².